The monoisotopic (exact) mass is 250 g/mol. The number of nitrogens with zero attached hydrogens (tertiary/aromatic N) is 2. The molecule has 1 aliphatic heterocycles. The fraction of sp³-hybridized carbons (Fsp3) is 0.188. The van der Waals surface area contributed by atoms with Crippen molar-refractivity contribution in [2.75, 3.05) is 0 Å². The molecule has 0 aromatic carbocycles. The number of allylic oxidation sites excluding steroid dienone is 4. The number of hydrogen-bond acceptors (Lipinski definition) is 3. The van der Waals surface area contributed by atoms with Crippen molar-refractivity contribution in [1.82, 2.24) is 4.98 Å². The van der Waals surface area contributed by atoms with Crippen LogP contribution in [0.4, 0.5) is 0 Å². The summed E-state index contributed by atoms with van der Waals surface area (Å²) >= 11 is 0. The van der Waals surface area contributed by atoms with Gasteiger partial charge in [0.25, 0.3) is 0 Å². The molecule has 0 N–H and O–H groups in total. The minimum atomic E-state index is 0.0710. The van der Waals surface area contributed by atoms with E-state index < -0.39 is 0 Å². The Kier molecular flexibility index (Phi) is 2.95. The molecule has 0 fully saturated rings. The molecule has 94 valence electrons. The van der Waals surface area contributed by atoms with Gasteiger partial charge in [0.05, 0.1) is 11.4 Å². The Labute approximate surface area is 112 Å². The topological polar surface area (TPSA) is 42.3 Å². The van der Waals surface area contributed by atoms with E-state index in [4.69, 9.17) is 0 Å². The molecule has 1 aromatic rings. The second-order valence-corrected chi connectivity index (χ2v) is 4.74. The van der Waals surface area contributed by atoms with E-state index in [0.29, 0.717) is 0 Å². The zero-order valence-corrected chi connectivity index (χ0v) is 10.6. The molecule has 19 heavy (non-hydrogen) atoms. The molecule has 3 heteroatoms. The molecule has 1 aromatic heterocycles. The van der Waals surface area contributed by atoms with Gasteiger partial charge in [-0.2, -0.15) is 0 Å². The molecule has 0 spiro atoms. The van der Waals surface area contributed by atoms with Gasteiger partial charge in [0.2, 0.25) is 0 Å². The third-order valence-electron chi connectivity index (χ3n) is 3.33. The number of fused-ring (bicyclic) bond motifs is 1. The largest absolute Gasteiger partial charge is 0.289 e. The van der Waals surface area contributed by atoms with Gasteiger partial charge in [-0.3, -0.25) is 14.8 Å². The summed E-state index contributed by atoms with van der Waals surface area (Å²) in [5.74, 6) is 0.0710. The summed E-state index contributed by atoms with van der Waals surface area (Å²) in [5, 5.41) is 0. The van der Waals surface area contributed by atoms with E-state index in [1.807, 2.05) is 24.4 Å². The number of hydrogen-bond donors (Lipinski definition) is 0. The summed E-state index contributed by atoms with van der Waals surface area (Å²) in [5.41, 5.74) is 4.26. The van der Waals surface area contributed by atoms with Gasteiger partial charge in [-0.25, -0.2) is 0 Å². The van der Waals surface area contributed by atoms with Crippen molar-refractivity contribution in [3.63, 3.8) is 0 Å². The highest BCUT2D eigenvalue weighted by Crippen LogP contribution is 2.25. The van der Waals surface area contributed by atoms with Crippen LogP contribution in [-0.2, 0) is 6.42 Å². The Morgan fingerprint density at radius 3 is 3.05 bits per heavy atom. The van der Waals surface area contributed by atoms with Crippen LogP contribution in [0.3, 0.4) is 0 Å². The normalized spacial score (nSPS) is 20.4. The first-order valence-corrected chi connectivity index (χ1v) is 6.35. The summed E-state index contributed by atoms with van der Waals surface area (Å²) in [6, 6.07) is 3.65. The molecular weight excluding hydrogens is 236 g/mol. The lowest BCUT2D eigenvalue weighted by atomic mass is 9.89. The molecule has 0 radical (unpaired) electrons. The molecule has 3 nitrogen and oxygen atoms in total. The lowest BCUT2D eigenvalue weighted by molar-refractivity contribution is 0.102. The van der Waals surface area contributed by atoms with Crippen molar-refractivity contribution < 1.29 is 4.79 Å². The summed E-state index contributed by atoms with van der Waals surface area (Å²) in [6.45, 7) is 3.92. The Morgan fingerprint density at radius 2 is 2.21 bits per heavy atom. The highest BCUT2D eigenvalue weighted by molar-refractivity contribution is 6.10. The number of aryl methyl sites for hydroxylation is 1. The van der Waals surface area contributed by atoms with E-state index in [1.165, 1.54) is 0 Å². The maximum Gasteiger partial charge on any atom is 0.190 e. The van der Waals surface area contributed by atoms with Crippen molar-refractivity contribution in [3.8, 4) is 0 Å². The van der Waals surface area contributed by atoms with E-state index in [1.54, 1.807) is 12.3 Å². The maximum atomic E-state index is 12.4. The maximum absolute atomic E-state index is 12.4. The number of carbonyl (C=O) groups is 1. The molecule has 0 amide bonds. The molecule has 0 saturated carbocycles. The standard InChI is InChI=1S/C16H14N2O/c1-11-6-8-17-13(9-11)10-12-4-5-15-14(16(12)19)3-2-7-18-15/h2-3,7-10H,1,4-6H2/b12-10+. The third-order valence-corrected chi connectivity index (χ3v) is 3.33. The molecular formula is C16H14N2O. The number of Topliss-reactive ketones (excluding diaryl/α,β-unsaturated/α-hetero) is 1. The minimum Gasteiger partial charge on any atom is -0.289 e. The molecule has 0 saturated heterocycles. The number of pyridine rings is 1. The average molecular weight is 250 g/mol. The summed E-state index contributed by atoms with van der Waals surface area (Å²) in [6.07, 6.45) is 9.69. The molecule has 0 atom stereocenters. The predicted octanol–water partition coefficient (Wildman–Crippen LogP) is 3.05. The molecule has 0 unspecified atom stereocenters. The second-order valence-electron chi connectivity index (χ2n) is 4.74. The fourth-order valence-corrected chi connectivity index (χ4v) is 2.35. The van der Waals surface area contributed by atoms with Crippen LogP contribution in [0, 0.1) is 0 Å². The van der Waals surface area contributed by atoms with Crippen LogP contribution in [0.15, 0.2) is 58.9 Å². The minimum absolute atomic E-state index is 0.0710. The molecule has 2 heterocycles. The third kappa shape index (κ3) is 2.32. The average Bonchev–Trinajstić information content (AvgIpc) is 2.42. The first-order chi connectivity index (χ1) is 9.24. The van der Waals surface area contributed by atoms with Crippen LogP contribution in [0.5, 0.6) is 0 Å². The Bertz CT molecular complexity index is 650. The second kappa shape index (κ2) is 4.76. The van der Waals surface area contributed by atoms with Gasteiger partial charge in [-0.15, -0.1) is 0 Å². The predicted molar refractivity (Wildman–Crippen MR) is 75.3 cm³/mol. The Balaban J connectivity index is 1.94. The van der Waals surface area contributed by atoms with E-state index in [9.17, 15) is 4.79 Å². The fourth-order valence-electron chi connectivity index (χ4n) is 2.35. The van der Waals surface area contributed by atoms with Gasteiger partial charge in [-0.05, 0) is 42.7 Å². The van der Waals surface area contributed by atoms with Crippen LogP contribution in [0.2, 0.25) is 0 Å². The number of carbonyl (C=O) groups excluding carboxylic acids is 1. The van der Waals surface area contributed by atoms with E-state index >= 15 is 0 Å². The van der Waals surface area contributed by atoms with Crippen molar-refractivity contribution >= 4 is 12.0 Å². The summed E-state index contributed by atoms with van der Waals surface area (Å²) < 4.78 is 0. The van der Waals surface area contributed by atoms with Gasteiger partial charge in [-0.1, -0.05) is 6.58 Å². The first kappa shape index (κ1) is 11.8. The van der Waals surface area contributed by atoms with Crippen molar-refractivity contribution in [2.24, 2.45) is 4.99 Å². The van der Waals surface area contributed by atoms with Crippen molar-refractivity contribution in [3.05, 3.63) is 65.2 Å². The highest BCUT2D eigenvalue weighted by atomic mass is 16.1. The van der Waals surface area contributed by atoms with Gasteiger partial charge in [0, 0.05) is 30.0 Å². The zero-order chi connectivity index (χ0) is 13.2. The quantitative estimate of drug-likeness (QED) is 0.719. The van der Waals surface area contributed by atoms with E-state index in [-0.39, 0.29) is 5.78 Å². The van der Waals surface area contributed by atoms with Crippen molar-refractivity contribution in [2.45, 2.75) is 19.3 Å². The lowest BCUT2D eigenvalue weighted by Gasteiger charge is -2.16. The van der Waals surface area contributed by atoms with Gasteiger partial charge >= 0.3 is 0 Å². The van der Waals surface area contributed by atoms with Crippen LogP contribution < -0.4 is 0 Å². The summed E-state index contributed by atoms with van der Waals surface area (Å²) in [7, 11) is 0. The van der Waals surface area contributed by atoms with E-state index in [0.717, 1.165) is 47.4 Å². The number of rotatable bonds is 1. The summed E-state index contributed by atoms with van der Waals surface area (Å²) in [4.78, 5) is 20.9. The molecule has 3 rings (SSSR count). The Morgan fingerprint density at radius 1 is 1.32 bits per heavy atom. The van der Waals surface area contributed by atoms with Gasteiger partial charge in [0.15, 0.2) is 5.78 Å². The SMILES string of the molecule is C=C1C=C(/C=C2\CCc3ncccc3C2=O)N=CC1. The highest BCUT2D eigenvalue weighted by Gasteiger charge is 2.22. The first-order valence-electron chi connectivity index (χ1n) is 6.35. The van der Waals surface area contributed by atoms with Gasteiger partial charge < -0.3 is 0 Å². The van der Waals surface area contributed by atoms with Crippen LogP contribution in [0.1, 0.15) is 28.9 Å². The molecule has 0 bridgehead atoms. The number of aliphatic imine (C=N–C) groups is 1. The molecule has 1 aliphatic carbocycles. The van der Waals surface area contributed by atoms with Crippen LogP contribution in [-0.4, -0.2) is 17.0 Å². The van der Waals surface area contributed by atoms with Gasteiger partial charge in [0.1, 0.15) is 0 Å². The lowest BCUT2D eigenvalue weighted by Crippen LogP contribution is -2.15. The van der Waals surface area contributed by atoms with E-state index in [2.05, 4.69) is 16.6 Å². The number of ketones is 1. The number of aromatic nitrogens is 1. The smallest absolute Gasteiger partial charge is 0.190 e. The van der Waals surface area contributed by atoms with Crippen molar-refractivity contribution in [1.29, 1.82) is 0 Å². The zero-order valence-electron chi connectivity index (χ0n) is 10.6. The van der Waals surface area contributed by atoms with Crippen LogP contribution in [0.25, 0.3) is 0 Å². The Hall–Kier alpha value is -2.29. The van der Waals surface area contributed by atoms with Crippen LogP contribution >= 0.6 is 0 Å². The molecule has 2 aliphatic rings.